The van der Waals surface area contributed by atoms with Gasteiger partial charge in [-0.05, 0) is 37.6 Å². The van der Waals surface area contributed by atoms with Gasteiger partial charge in [0.2, 0.25) is 0 Å². The Labute approximate surface area is 133 Å². The van der Waals surface area contributed by atoms with Crippen molar-refractivity contribution in [3.8, 4) is 0 Å². The Kier molecular flexibility index (Phi) is 5.48. The minimum absolute atomic E-state index is 0.147. The summed E-state index contributed by atoms with van der Waals surface area (Å²) < 4.78 is 10.5. The van der Waals surface area contributed by atoms with Crippen molar-refractivity contribution in [2.75, 3.05) is 19.0 Å². The highest BCUT2D eigenvalue weighted by Gasteiger charge is 2.21. The molecule has 1 atom stereocenters. The zero-order valence-electron chi connectivity index (χ0n) is 12.9. The van der Waals surface area contributed by atoms with E-state index in [1.807, 2.05) is 0 Å². The van der Waals surface area contributed by atoms with Gasteiger partial charge in [-0.1, -0.05) is 0 Å². The summed E-state index contributed by atoms with van der Waals surface area (Å²) >= 11 is 0. The Morgan fingerprint density at radius 2 is 2.22 bits per heavy atom. The standard InChI is InChI=1S/C16H18N2O5/c1-11(19)12-5-6-13(15(10-12)18(20)21)17-14(7-9-22-2)16-4-3-8-23-16/h3-6,8,10,14,17H,7,9H2,1-2H3. The number of nitrogens with zero attached hydrogens (tertiary/aromatic N) is 1. The summed E-state index contributed by atoms with van der Waals surface area (Å²) in [6, 6.07) is 7.66. The second kappa shape index (κ2) is 7.55. The molecular weight excluding hydrogens is 300 g/mol. The number of rotatable bonds is 8. The van der Waals surface area contributed by atoms with E-state index in [4.69, 9.17) is 9.15 Å². The van der Waals surface area contributed by atoms with Gasteiger partial charge in [-0.25, -0.2) is 0 Å². The summed E-state index contributed by atoms with van der Waals surface area (Å²) in [5.41, 5.74) is 0.484. The Morgan fingerprint density at radius 3 is 2.78 bits per heavy atom. The van der Waals surface area contributed by atoms with E-state index in [-0.39, 0.29) is 17.5 Å². The molecule has 1 aromatic heterocycles. The maximum Gasteiger partial charge on any atom is 0.293 e. The number of nitro benzene ring substituents is 1. The van der Waals surface area contributed by atoms with Gasteiger partial charge >= 0.3 is 0 Å². The fourth-order valence-corrected chi connectivity index (χ4v) is 2.22. The molecule has 1 unspecified atom stereocenters. The van der Waals surface area contributed by atoms with Crippen LogP contribution in [0.3, 0.4) is 0 Å². The number of nitrogens with one attached hydrogen (secondary N) is 1. The molecule has 0 spiro atoms. The first kappa shape index (κ1) is 16.7. The van der Waals surface area contributed by atoms with Crippen LogP contribution in [0.25, 0.3) is 0 Å². The molecule has 23 heavy (non-hydrogen) atoms. The Balaban J connectivity index is 2.31. The van der Waals surface area contributed by atoms with Crippen LogP contribution in [0.4, 0.5) is 11.4 Å². The molecule has 7 heteroatoms. The van der Waals surface area contributed by atoms with Crippen molar-refractivity contribution in [2.24, 2.45) is 0 Å². The lowest BCUT2D eigenvalue weighted by Crippen LogP contribution is -2.14. The van der Waals surface area contributed by atoms with Gasteiger partial charge in [0, 0.05) is 25.3 Å². The SMILES string of the molecule is COCCC(Nc1ccc(C(C)=O)cc1[N+](=O)[O-])c1ccco1. The normalized spacial score (nSPS) is 11.9. The molecule has 1 N–H and O–H groups in total. The van der Waals surface area contributed by atoms with Gasteiger partial charge in [0.15, 0.2) is 5.78 Å². The number of Topliss-reactive ketones (excluding diaryl/α,β-unsaturated/α-hetero) is 1. The van der Waals surface area contributed by atoms with Crippen molar-refractivity contribution in [3.63, 3.8) is 0 Å². The molecule has 1 aromatic carbocycles. The molecule has 0 aliphatic carbocycles. The lowest BCUT2D eigenvalue weighted by molar-refractivity contribution is -0.384. The average Bonchev–Trinajstić information content (AvgIpc) is 3.05. The Bertz CT molecular complexity index is 682. The van der Waals surface area contributed by atoms with Gasteiger partial charge in [-0.15, -0.1) is 0 Å². The first-order chi connectivity index (χ1) is 11.0. The quantitative estimate of drug-likeness (QED) is 0.454. The molecule has 0 saturated carbocycles. The van der Waals surface area contributed by atoms with Gasteiger partial charge in [0.05, 0.1) is 17.2 Å². The number of furan rings is 1. The maximum atomic E-state index is 11.4. The summed E-state index contributed by atoms with van der Waals surface area (Å²) in [6.07, 6.45) is 2.12. The molecule has 0 radical (unpaired) electrons. The Morgan fingerprint density at radius 1 is 1.43 bits per heavy atom. The zero-order valence-corrected chi connectivity index (χ0v) is 12.9. The maximum absolute atomic E-state index is 11.4. The van der Waals surface area contributed by atoms with Gasteiger partial charge in [0.1, 0.15) is 11.4 Å². The molecule has 0 saturated heterocycles. The van der Waals surface area contributed by atoms with Gasteiger partial charge < -0.3 is 14.5 Å². The van der Waals surface area contributed by atoms with Gasteiger partial charge in [0.25, 0.3) is 5.69 Å². The largest absolute Gasteiger partial charge is 0.467 e. The average molecular weight is 318 g/mol. The number of ketones is 1. The summed E-state index contributed by atoms with van der Waals surface area (Å²) in [5, 5.41) is 14.4. The molecule has 0 fully saturated rings. The molecule has 0 amide bonds. The van der Waals surface area contributed by atoms with Crippen LogP contribution in [0.15, 0.2) is 41.0 Å². The number of hydrogen-bond donors (Lipinski definition) is 1. The van der Waals surface area contributed by atoms with Crippen LogP contribution in [-0.4, -0.2) is 24.4 Å². The van der Waals surface area contributed by atoms with E-state index in [0.29, 0.717) is 30.0 Å². The van der Waals surface area contributed by atoms with Crippen LogP contribution in [0, 0.1) is 10.1 Å². The molecule has 2 rings (SSSR count). The van der Waals surface area contributed by atoms with Crippen LogP contribution in [0.1, 0.15) is 35.5 Å². The minimum atomic E-state index is -0.510. The molecule has 7 nitrogen and oxygen atoms in total. The van der Waals surface area contributed by atoms with Gasteiger partial charge in [-0.2, -0.15) is 0 Å². The third-order valence-corrected chi connectivity index (χ3v) is 3.43. The number of ether oxygens (including phenoxy) is 1. The predicted molar refractivity (Wildman–Crippen MR) is 84.7 cm³/mol. The number of carbonyl (C=O) groups is 1. The molecule has 0 aliphatic rings. The van der Waals surface area contributed by atoms with E-state index >= 15 is 0 Å². The molecule has 1 heterocycles. The molecule has 2 aromatic rings. The monoisotopic (exact) mass is 318 g/mol. The lowest BCUT2D eigenvalue weighted by atomic mass is 10.1. The summed E-state index contributed by atoms with van der Waals surface area (Å²) in [7, 11) is 1.59. The third-order valence-electron chi connectivity index (χ3n) is 3.43. The smallest absolute Gasteiger partial charge is 0.293 e. The highest BCUT2D eigenvalue weighted by atomic mass is 16.6. The lowest BCUT2D eigenvalue weighted by Gasteiger charge is -2.17. The third kappa shape index (κ3) is 4.17. The van der Waals surface area contributed by atoms with Crippen molar-refractivity contribution < 1.29 is 18.9 Å². The summed E-state index contributed by atoms with van der Waals surface area (Å²) in [4.78, 5) is 22.2. The topological polar surface area (TPSA) is 94.6 Å². The molecule has 0 bridgehead atoms. The van der Waals surface area contributed by atoms with E-state index in [2.05, 4.69) is 5.32 Å². The highest BCUT2D eigenvalue weighted by molar-refractivity contribution is 5.95. The van der Waals surface area contributed by atoms with Crippen LogP contribution in [0.5, 0.6) is 0 Å². The molecule has 122 valence electrons. The van der Waals surface area contributed by atoms with Gasteiger partial charge in [-0.3, -0.25) is 14.9 Å². The first-order valence-corrected chi connectivity index (χ1v) is 7.11. The number of nitro groups is 1. The Hall–Kier alpha value is -2.67. The fourth-order valence-electron chi connectivity index (χ4n) is 2.22. The second-order valence-corrected chi connectivity index (χ2v) is 5.04. The van der Waals surface area contributed by atoms with Crippen LogP contribution >= 0.6 is 0 Å². The van der Waals surface area contributed by atoms with Crippen LogP contribution < -0.4 is 5.32 Å². The van der Waals surface area contributed by atoms with Crippen molar-refractivity contribution >= 4 is 17.2 Å². The number of hydrogen-bond acceptors (Lipinski definition) is 6. The first-order valence-electron chi connectivity index (χ1n) is 7.11. The van der Waals surface area contributed by atoms with Crippen molar-refractivity contribution in [3.05, 3.63) is 58.0 Å². The van der Waals surface area contributed by atoms with Crippen molar-refractivity contribution in [1.82, 2.24) is 0 Å². The van der Waals surface area contributed by atoms with E-state index in [9.17, 15) is 14.9 Å². The molecular formula is C16H18N2O5. The van der Waals surface area contributed by atoms with Crippen LogP contribution in [-0.2, 0) is 4.74 Å². The molecule has 0 aliphatic heterocycles. The van der Waals surface area contributed by atoms with Crippen molar-refractivity contribution in [2.45, 2.75) is 19.4 Å². The number of benzene rings is 1. The second-order valence-electron chi connectivity index (χ2n) is 5.04. The minimum Gasteiger partial charge on any atom is -0.467 e. The van der Waals surface area contributed by atoms with Crippen LogP contribution in [0.2, 0.25) is 0 Å². The van der Waals surface area contributed by atoms with E-state index < -0.39 is 4.92 Å². The number of anilines is 1. The van der Waals surface area contributed by atoms with E-state index in [0.717, 1.165) is 0 Å². The zero-order chi connectivity index (χ0) is 16.8. The fraction of sp³-hybridized carbons (Fsp3) is 0.312. The number of carbonyl (C=O) groups excluding carboxylic acids is 1. The summed E-state index contributed by atoms with van der Waals surface area (Å²) in [5.74, 6) is 0.439. The van der Waals surface area contributed by atoms with Crippen molar-refractivity contribution in [1.29, 1.82) is 0 Å². The van der Waals surface area contributed by atoms with E-state index in [1.165, 1.54) is 19.1 Å². The predicted octanol–water partition coefficient (Wildman–Crippen LogP) is 3.58. The number of methoxy groups -OCH3 is 1. The summed E-state index contributed by atoms with van der Waals surface area (Å²) in [6.45, 7) is 1.84. The highest BCUT2D eigenvalue weighted by Crippen LogP contribution is 2.31. The van der Waals surface area contributed by atoms with E-state index in [1.54, 1.807) is 31.6 Å².